The van der Waals surface area contributed by atoms with Gasteiger partial charge in [-0.15, -0.1) is 0 Å². The smallest absolute Gasteiger partial charge is 0.412 e. The van der Waals surface area contributed by atoms with Crippen LogP contribution in [0.3, 0.4) is 0 Å². The minimum atomic E-state index is -1.98. The summed E-state index contributed by atoms with van der Waals surface area (Å²) in [6, 6.07) is 0. The van der Waals surface area contributed by atoms with Crippen molar-refractivity contribution in [1.29, 1.82) is 0 Å². The molecular formula is C34H73NO2Si2+. The molecule has 0 rings (SSSR count). The Kier molecular flexibility index (Phi) is 22.7. The van der Waals surface area contributed by atoms with Gasteiger partial charge < -0.3 is 13.0 Å². The second-order valence-corrected chi connectivity index (χ2v) is 20.1. The van der Waals surface area contributed by atoms with Gasteiger partial charge in [0.25, 0.3) is 0 Å². The molecule has 0 bridgehead atoms. The molecule has 1 atom stereocenters. The number of hydrogen-bond acceptors (Lipinski definition) is 2. The predicted molar refractivity (Wildman–Crippen MR) is 180 cm³/mol. The van der Waals surface area contributed by atoms with Gasteiger partial charge in [-0.05, 0) is 46.7 Å². The monoisotopic (exact) mass is 584 g/mol. The maximum atomic E-state index is 6.92. The van der Waals surface area contributed by atoms with Crippen molar-refractivity contribution in [1.82, 2.24) is 0 Å². The van der Waals surface area contributed by atoms with E-state index in [2.05, 4.69) is 60.5 Å². The van der Waals surface area contributed by atoms with Gasteiger partial charge in [0.05, 0.1) is 31.8 Å². The molecule has 5 heteroatoms. The van der Waals surface area contributed by atoms with Crippen LogP contribution in [-0.2, 0) is 8.85 Å². The van der Waals surface area contributed by atoms with E-state index in [1.807, 2.05) is 6.92 Å². The molecule has 1 unspecified atom stereocenters. The van der Waals surface area contributed by atoms with Crippen molar-refractivity contribution in [3.63, 3.8) is 0 Å². The number of ether oxygens (including phenoxy) is 1. The quantitative estimate of drug-likeness (QED) is 0.0518. The Bertz CT molecular complexity index is 594. The number of rotatable bonds is 28. The second kappa shape index (κ2) is 22.6. The summed E-state index contributed by atoms with van der Waals surface area (Å²) in [6.07, 6.45) is 25.0. The van der Waals surface area contributed by atoms with Gasteiger partial charge in [-0.25, -0.2) is 0 Å². The molecule has 0 saturated carbocycles. The van der Waals surface area contributed by atoms with E-state index in [0.29, 0.717) is 6.61 Å². The summed E-state index contributed by atoms with van der Waals surface area (Å²) in [7, 11) is -2.73. The summed E-state index contributed by atoms with van der Waals surface area (Å²) in [4.78, 5) is 0. The van der Waals surface area contributed by atoms with Crippen LogP contribution in [0.5, 0.6) is 0 Å². The maximum absolute atomic E-state index is 6.92. The minimum absolute atomic E-state index is 0.230. The first-order chi connectivity index (χ1) is 18.5. The molecule has 3 nitrogen and oxygen atoms in total. The van der Waals surface area contributed by atoms with Crippen LogP contribution in [0.25, 0.3) is 0 Å². The first-order valence-corrected chi connectivity index (χ1v) is 22.3. The van der Waals surface area contributed by atoms with Crippen LogP contribution in [-0.4, -0.2) is 53.5 Å². The first-order valence-electron chi connectivity index (χ1n) is 17.0. The molecule has 0 spiro atoms. The van der Waals surface area contributed by atoms with E-state index in [1.165, 1.54) is 126 Å². The molecule has 0 aromatic carbocycles. The van der Waals surface area contributed by atoms with Crippen LogP contribution in [0, 0.1) is 0 Å². The molecule has 0 fully saturated rings. The van der Waals surface area contributed by atoms with Gasteiger partial charge in [0.15, 0.2) is 9.04 Å². The fourth-order valence-corrected chi connectivity index (χ4v) is 14.5. The Hall–Kier alpha value is 0.0538. The third-order valence-corrected chi connectivity index (χ3v) is 15.6. The van der Waals surface area contributed by atoms with Crippen molar-refractivity contribution in [2.75, 3.05) is 26.3 Å². The normalized spacial score (nSPS) is 14.2. The van der Waals surface area contributed by atoms with Gasteiger partial charge in [0, 0.05) is 25.9 Å². The zero-order chi connectivity index (χ0) is 29.6. The van der Waals surface area contributed by atoms with E-state index < -0.39 is 17.5 Å². The highest BCUT2D eigenvalue weighted by Gasteiger charge is 2.56. The average molecular weight is 584 g/mol. The molecule has 0 aliphatic heterocycles. The fraction of sp³-hybridized carbons (Fsp3) is 0.941. The summed E-state index contributed by atoms with van der Waals surface area (Å²) < 4.78 is 14.0. The third-order valence-electron chi connectivity index (χ3n) is 8.82. The lowest BCUT2D eigenvalue weighted by atomic mass is 9.93. The van der Waals surface area contributed by atoms with Crippen molar-refractivity contribution < 1.29 is 13.0 Å². The molecule has 39 heavy (non-hydrogen) atoms. The van der Waals surface area contributed by atoms with Crippen LogP contribution >= 0.6 is 0 Å². The molecule has 0 aromatic heterocycles. The van der Waals surface area contributed by atoms with E-state index in [1.54, 1.807) is 0 Å². The first kappa shape index (κ1) is 39.1. The summed E-state index contributed by atoms with van der Waals surface area (Å²) >= 11 is 0. The highest BCUT2D eigenvalue weighted by Crippen LogP contribution is 2.39. The second-order valence-electron chi connectivity index (χ2n) is 13.7. The standard InChI is InChI=1S/C34H73NO2Si2/c1-11-13-14-15-16-17-18-19-20-21-22-23-24-25-26-28-34(5,6)35(29-12-2,39(9,10)37-38(7)8)30-27-31-36-32-33(3)4/h3,11-32H2,1-2,4-10H3/q+1. The van der Waals surface area contributed by atoms with Crippen molar-refractivity contribution in [2.24, 2.45) is 0 Å². The molecule has 0 N–H and O–H groups in total. The van der Waals surface area contributed by atoms with Crippen LogP contribution in [0.15, 0.2) is 12.2 Å². The van der Waals surface area contributed by atoms with Gasteiger partial charge in [0.2, 0.25) is 0 Å². The predicted octanol–water partition coefficient (Wildman–Crippen LogP) is 11.2. The van der Waals surface area contributed by atoms with Crippen LogP contribution < -0.4 is 0 Å². The summed E-state index contributed by atoms with van der Waals surface area (Å²) in [5.74, 6) is 0. The molecule has 0 amide bonds. The average Bonchev–Trinajstić information content (AvgIpc) is 2.84. The summed E-state index contributed by atoms with van der Waals surface area (Å²) in [5, 5.41) is 0. The van der Waals surface area contributed by atoms with Crippen molar-refractivity contribution >= 4 is 17.5 Å². The minimum Gasteiger partial charge on any atom is -0.412 e. The summed E-state index contributed by atoms with van der Waals surface area (Å²) in [6.45, 7) is 29.4. The maximum Gasteiger partial charge on any atom is 0.420 e. The topological polar surface area (TPSA) is 18.5 Å². The van der Waals surface area contributed by atoms with Gasteiger partial charge in [0.1, 0.15) is 0 Å². The van der Waals surface area contributed by atoms with Crippen molar-refractivity contribution in [3.05, 3.63) is 12.2 Å². The largest absolute Gasteiger partial charge is 0.420 e. The number of nitrogens with zero attached hydrogens (tertiary/aromatic N) is 1. The fourth-order valence-electron chi connectivity index (χ4n) is 6.78. The molecular weight excluding hydrogens is 511 g/mol. The zero-order valence-corrected chi connectivity index (χ0v) is 30.5. The van der Waals surface area contributed by atoms with E-state index in [9.17, 15) is 0 Å². The van der Waals surface area contributed by atoms with Crippen molar-refractivity contribution in [3.8, 4) is 0 Å². The summed E-state index contributed by atoms with van der Waals surface area (Å²) in [5.41, 5.74) is 1.34. The third kappa shape index (κ3) is 16.9. The lowest BCUT2D eigenvalue weighted by Crippen LogP contribution is -2.76. The van der Waals surface area contributed by atoms with E-state index in [4.69, 9.17) is 8.85 Å². The van der Waals surface area contributed by atoms with Gasteiger partial charge in [-0.3, -0.25) is 0 Å². The molecule has 0 heterocycles. The lowest BCUT2D eigenvalue weighted by Gasteiger charge is -2.59. The van der Waals surface area contributed by atoms with Crippen LogP contribution in [0.2, 0.25) is 26.2 Å². The molecule has 0 aliphatic rings. The van der Waals surface area contributed by atoms with Crippen molar-refractivity contribution in [2.45, 2.75) is 182 Å². The lowest BCUT2D eigenvalue weighted by molar-refractivity contribution is -0.891. The molecule has 1 radical (unpaired) electrons. The Labute approximate surface area is 250 Å². The number of unbranched alkanes of at least 4 members (excludes halogenated alkanes) is 14. The SMILES string of the molecule is C=C(C)COCCC[N+](CCC)(C(C)(C)CCCCCCCCCCCCCCCCC)[Si](C)(C)O[Si](C)C. The molecule has 233 valence electrons. The van der Waals surface area contributed by atoms with Crippen LogP contribution in [0.4, 0.5) is 0 Å². The molecule has 0 saturated heterocycles. The Morgan fingerprint density at radius 1 is 0.718 bits per heavy atom. The van der Waals surface area contributed by atoms with Crippen LogP contribution in [0.1, 0.15) is 150 Å². The van der Waals surface area contributed by atoms with E-state index in [0.717, 1.165) is 18.6 Å². The molecule has 0 aromatic rings. The van der Waals surface area contributed by atoms with Gasteiger partial charge in [-0.1, -0.05) is 116 Å². The Morgan fingerprint density at radius 3 is 1.59 bits per heavy atom. The Morgan fingerprint density at radius 2 is 1.18 bits per heavy atom. The Balaban J connectivity index is 4.65. The number of hydrogen-bond donors (Lipinski definition) is 0. The van der Waals surface area contributed by atoms with E-state index >= 15 is 0 Å². The van der Waals surface area contributed by atoms with Gasteiger partial charge >= 0.3 is 8.48 Å². The highest BCUT2D eigenvalue weighted by molar-refractivity contribution is 6.72. The van der Waals surface area contributed by atoms with E-state index in [-0.39, 0.29) is 5.54 Å². The highest BCUT2D eigenvalue weighted by atomic mass is 28.4. The zero-order valence-electron chi connectivity index (χ0n) is 28.5. The molecule has 0 aliphatic carbocycles. The number of quaternary nitrogens is 1. The van der Waals surface area contributed by atoms with Gasteiger partial charge in [-0.2, -0.15) is 0 Å².